The fourth-order valence-corrected chi connectivity index (χ4v) is 4.20. The SMILES string of the molecule is Cc1ccc(-c2cc(C(=O)OCC(=O)N[C@H]3CCCC[C@@H]3C)c3ccccc3n2)cc1. The topological polar surface area (TPSA) is 68.3 Å². The van der Waals surface area contributed by atoms with Crippen LogP contribution in [-0.2, 0) is 9.53 Å². The van der Waals surface area contributed by atoms with E-state index in [2.05, 4.69) is 12.2 Å². The van der Waals surface area contributed by atoms with Gasteiger partial charge in [0.2, 0.25) is 0 Å². The molecule has 3 aromatic rings. The lowest BCUT2D eigenvalue weighted by molar-refractivity contribution is -0.125. The van der Waals surface area contributed by atoms with Gasteiger partial charge in [0.25, 0.3) is 5.91 Å². The summed E-state index contributed by atoms with van der Waals surface area (Å²) in [6, 6.07) is 17.4. The molecule has 1 aromatic heterocycles. The van der Waals surface area contributed by atoms with Crippen molar-refractivity contribution < 1.29 is 14.3 Å². The molecule has 1 fully saturated rings. The fourth-order valence-electron chi connectivity index (χ4n) is 4.20. The third kappa shape index (κ3) is 4.93. The van der Waals surface area contributed by atoms with E-state index in [1.165, 1.54) is 6.42 Å². The van der Waals surface area contributed by atoms with Gasteiger partial charge in [0.1, 0.15) is 0 Å². The van der Waals surface area contributed by atoms with Crippen molar-refractivity contribution >= 4 is 22.8 Å². The lowest BCUT2D eigenvalue weighted by Crippen LogP contribution is -2.42. The summed E-state index contributed by atoms with van der Waals surface area (Å²) in [6.45, 7) is 3.91. The van der Waals surface area contributed by atoms with Gasteiger partial charge < -0.3 is 10.1 Å². The summed E-state index contributed by atoms with van der Waals surface area (Å²) in [6.07, 6.45) is 4.44. The predicted octanol–water partition coefficient (Wildman–Crippen LogP) is 5.06. The number of esters is 1. The second-order valence-corrected chi connectivity index (χ2v) is 8.45. The monoisotopic (exact) mass is 416 g/mol. The predicted molar refractivity (Wildman–Crippen MR) is 122 cm³/mol. The lowest BCUT2D eigenvalue weighted by Gasteiger charge is -2.29. The van der Waals surface area contributed by atoms with E-state index in [4.69, 9.17) is 9.72 Å². The van der Waals surface area contributed by atoms with E-state index in [-0.39, 0.29) is 18.6 Å². The number of fused-ring (bicyclic) bond motifs is 1. The highest BCUT2D eigenvalue weighted by atomic mass is 16.5. The molecule has 1 aliphatic rings. The number of hydrogen-bond acceptors (Lipinski definition) is 4. The fraction of sp³-hybridized carbons (Fsp3) is 0.346. The summed E-state index contributed by atoms with van der Waals surface area (Å²) in [5.41, 5.74) is 3.91. The van der Waals surface area contributed by atoms with E-state index in [1.54, 1.807) is 6.07 Å². The number of pyridine rings is 1. The number of aryl methyl sites for hydroxylation is 1. The van der Waals surface area contributed by atoms with Crippen molar-refractivity contribution in [2.24, 2.45) is 5.92 Å². The van der Waals surface area contributed by atoms with Crippen molar-refractivity contribution in [1.82, 2.24) is 10.3 Å². The molecule has 0 bridgehead atoms. The average Bonchev–Trinajstić information content (AvgIpc) is 2.79. The zero-order valence-corrected chi connectivity index (χ0v) is 18.1. The number of rotatable bonds is 5. The molecule has 160 valence electrons. The normalized spacial score (nSPS) is 18.5. The number of para-hydroxylation sites is 1. The molecule has 1 aliphatic carbocycles. The van der Waals surface area contributed by atoms with Gasteiger partial charge in [-0.05, 0) is 37.8 Å². The third-order valence-electron chi connectivity index (χ3n) is 6.08. The number of amides is 1. The molecular formula is C26H28N2O3. The molecule has 1 amide bonds. The highest BCUT2D eigenvalue weighted by Crippen LogP contribution is 2.26. The summed E-state index contributed by atoms with van der Waals surface area (Å²) in [7, 11) is 0. The van der Waals surface area contributed by atoms with Crippen LogP contribution in [0.25, 0.3) is 22.2 Å². The molecule has 0 spiro atoms. The van der Waals surface area contributed by atoms with Crippen LogP contribution < -0.4 is 5.32 Å². The highest BCUT2D eigenvalue weighted by molar-refractivity contribution is 6.05. The van der Waals surface area contributed by atoms with Crippen molar-refractivity contribution in [3.8, 4) is 11.3 Å². The molecule has 5 nitrogen and oxygen atoms in total. The van der Waals surface area contributed by atoms with Crippen molar-refractivity contribution in [2.45, 2.75) is 45.6 Å². The Kier molecular flexibility index (Phi) is 6.31. The Morgan fingerprint density at radius 2 is 1.81 bits per heavy atom. The number of carbonyl (C=O) groups is 2. The number of ether oxygens (including phenoxy) is 1. The van der Waals surface area contributed by atoms with Crippen LogP contribution in [-0.4, -0.2) is 29.5 Å². The first kappa shape index (κ1) is 21.0. The molecule has 31 heavy (non-hydrogen) atoms. The molecule has 2 aromatic carbocycles. The minimum absolute atomic E-state index is 0.162. The van der Waals surface area contributed by atoms with Gasteiger partial charge in [0.05, 0.1) is 16.8 Å². The second-order valence-electron chi connectivity index (χ2n) is 8.45. The van der Waals surface area contributed by atoms with Crippen LogP contribution in [0.4, 0.5) is 0 Å². The van der Waals surface area contributed by atoms with Gasteiger partial charge in [0, 0.05) is 17.0 Å². The molecule has 0 radical (unpaired) electrons. The van der Waals surface area contributed by atoms with Gasteiger partial charge in [-0.15, -0.1) is 0 Å². The number of nitrogens with one attached hydrogen (secondary N) is 1. The summed E-state index contributed by atoms with van der Waals surface area (Å²) >= 11 is 0. The van der Waals surface area contributed by atoms with Crippen LogP contribution in [0.15, 0.2) is 54.6 Å². The molecule has 0 unspecified atom stereocenters. The van der Waals surface area contributed by atoms with Crippen molar-refractivity contribution in [3.05, 3.63) is 65.7 Å². The van der Waals surface area contributed by atoms with E-state index < -0.39 is 5.97 Å². The molecule has 1 saturated carbocycles. The number of aromatic nitrogens is 1. The van der Waals surface area contributed by atoms with Crippen molar-refractivity contribution in [2.75, 3.05) is 6.61 Å². The first-order valence-corrected chi connectivity index (χ1v) is 10.9. The van der Waals surface area contributed by atoms with E-state index in [1.807, 2.05) is 55.5 Å². The standard InChI is InChI=1S/C26H28N2O3/c1-17-11-13-19(14-12-17)24-15-21(20-8-4-6-10-23(20)27-24)26(30)31-16-25(29)28-22-9-5-3-7-18(22)2/h4,6,8,10-15,18,22H,3,5,7,9,16H2,1-2H3,(H,28,29)/t18-,22-/m0/s1. The van der Waals surface area contributed by atoms with Crippen LogP contribution in [0.3, 0.4) is 0 Å². The third-order valence-corrected chi connectivity index (χ3v) is 6.08. The van der Waals surface area contributed by atoms with Crippen LogP contribution in [0.5, 0.6) is 0 Å². The summed E-state index contributed by atoms with van der Waals surface area (Å²) in [5, 5.41) is 3.74. The molecular weight excluding hydrogens is 388 g/mol. The maximum Gasteiger partial charge on any atom is 0.339 e. The minimum atomic E-state index is -0.515. The zero-order valence-electron chi connectivity index (χ0n) is 18.1. The summed E-state index contributed by atoms with van der Waals surface area (Å²) < 4.78 is 5.41. The van der Waals surface area contributed by atoms with Gasteiger partial charge in [0.15, 0.2) is 6.61 Å². The molecule has 4 rings (SSSR count). The maximum absolute atomic E-state index is 12.9. The number of hydrogen-bond donors (Lipinski definition) is 1. The second kappa shape index (κ2) is 9.29. The number of benzene rings is 2. The Morgan fingerprint density at radius 1 is 1.06 bits per heavy atom. The Morgan fingerprint density at radius 3 is 2.58 bits per heavy atom. The quantitative estimate of drug-likeness (QED) is 0.590. The van der Waals surface area contributed by atoms with Gasteiger partial charge in [-0.2, -0.15) is 0 Å². The Bertz CT molecular complexity index is 1090. The number of nitrogens with zero attached hydrogens (tertiary/aromatic N) is 1. The van der Waals surface area contributed by atoms with E-state index in [0.717, 1.165) is 30.4 Å². The molecule has 0 aliphatic heterocycles. The van der Waals surface area contributed by atoms with Gasteiger partial charge in [-0.1, -0.05) is 67.8 Å². The van der Waals surface area contributed by atoms with E-state index in [9.17, 15) is 9.59 Å². The van der Waals surface area contributed by atoms with Crippen LogP contribution in [0.1, 0.15) is 48.5 Å². The van der Waals surface area contributed by atoms with Gasteiger partial charge >= 0.3 is 5.97 Å². The summed E-state index contributed by atoms with van der Waals surface area (Å²) in [5.74, 6) is -0.308. The molecule has 1 N–H and O–H groups in total. The minimum Gasteiger partial charge on any atom is -0.452 e. The van der Waals surface area contributed by atoms with Crippen LogP contribution in [0, 0.1) is 12.8 Å². The van der Waals surface area contributed by atoms with Crippen molar-refractivity contribution in [1.29, 1.82) is 0 Å². The zero-order chi connectivity index (χ0) is 21.8. The molecule has 2 atom stereocenters. The first-order valence-electron chi connectivity index (χ1n) is 10.9. The Labute approximate surface area is 182 Å². The number of carbonyl (C=O) groups excluding carboxylic acids is 2. The summed E-state index contributed by atoms with van der Waals surface area (Å²) in [4.78, 5) is 30.0. The molecule has 1 heterocycles. The smallest absolute Gasteiger partial charge is 0.339 e. The van der Waals surface area contributed by atoms with Crippen LogP contribution >= 0.6 is 0 Å². The van der Waals surface area contributed by atoms with Crippen LogP contribution in [0.2, 0.25) is 0 Å². The van der Waals surface area contributed by atoms with E-state index in [0.29, 0.717) is 28.1 Å². The highest BCUT2D eigenvalue weighted by Gasteiger charge is 2.23. The van der Waals surface area contributed by atoms with Gasteiger partial charge in [-0.25, -0.2) is 9.78 Å². The average molecular weight is 417 g/mol. The Balaban J connectivity index is 1.52. The largest absolute Gasteiger partial charge is 0.452 e. The molecule has 5 heteroatoms. The Hall–Kier alpha value is -3.21. The first-order chi connectivity index (χ1) is 15.0. The molecule has 0 saturated heterocycles. The maximum atomic E-state index is 12.9. The van der Waals surface area contributed by atoms with Gasteiger partial charge in [-0.3, -0.25) is 4.79 Å². The lowest BCUT2D eigenvalue weighted by atomic mass is 9.86. The van der Waals surface area contributed by atoms with Crippen molar-refractivity contribution in [3.63, 3.8) is 0 Å². The van der Waals surface area contributed by atoms with E-state index >= 15 is 0 Å².